The van der Waals surface area contributed by atoms with Crippen molar-refractivity contribution in [3.8, 4) is 0 Å². The minimum absolute atomic E-state index is 0.194. The molecule has 1 heterocycles. The summed E-state index contributed by atoms with van der Waals surface area (Å²) in [4.78, 5) is 22.5. The molecule has 1 rings (SSSR count). The van der Waals surface area contributed by atoms with Gasteiger partial charge in [-0.2, -0.15) is 0 Å². The highest BCUT2D eigenvalue weighted by atomic mass is 19.1. The normalized spacial score (nSPS) is 9.42. The highest BCUT2D eigenvalue weighted by molar-refractivity contribution is 5.72. The van der Waals surface area contributed by atoms with Crippen LogP contribution in [-0.2, 0) is 0 Å². The Bertz CT molecular complexity index is 340. The zero-order valence-corrected chi connectivity index (χ0v) is 5.73. The Labute approximate surface area is 66.0 Å². The summed E-state index contributed by atoms with van der Waals surface area (Å²) >= 11 is 0. The van der Waals surface area contributed by atoms with E-state index in [2.05, 4.69) is 4.98 Å². The van der Waals surface area contributed by atoms with Gasteiger partial charge in [-0.1, -0.05) is 0 Å². The summed E-state index contributed by atoms with van der Waals surface area (Å²) in [5.74, 6) is -0.987. The summed E-state index contributed by atoms with van der Waals surface area (Å²) in [5, 5.41) is 10.1. The topological polar surface area (TPSA) is 73.1 Å². The Balaban J connectivity index is 3.18. The molecule has 1 aromatic heterocycles. The molecule has 0 aliphatic heterocycles. The van der Waals surface area contributed by atoms with Crippen LogP contribution < -0.4 is 0 Å². The molecule has 0 atom stereocenters. The Morgan fingerprint density at radius 3 is 2.75 bits per heavy atom. The van der Waals surface area contributed by atoms with Crippen molar-refractivity contribution in [1.82, 2.24) is 4.98 Å². The smallest absolute Gasteiger partial charge is 0.290 e. The molecule has 12 heavy (non-hydrogen) atoms. The molecule has 6 heteroatoms. The minimum Gasteiger partial charge on any atom is -0.296 e. The van der Waals surface area contributed by atoms with Gasteiger partial charge in [-0.15, -0.1) is 0 Å². The Hall–Kier alpha value is -1.85. The van der Waals surface area contributed by atoms with Crippen LogP contribution in [0.5, 0.6) is 0 Å². The second-order valence-electron chi connectivity index (χ2n) is 1.94. The molecule has 0 saturated carbocycles. The third kappa shape index (κ3) is 1.42. The number of hydrogen-bond donors (Lipinski definition) is 0. The second kappa shape index (κ2) is 3.04. The number of carbonyl (C=O) groups is 1. The first-order chi connectivity index (χ1) is 5.65. The van der Waals surface area contributed by atoms with Crippen LogP contribution in [0.25, 0.3) is 0 Å². The molecule has 0 spiro atoms. The van der Waals surface area contributed by atoms with Crippen molar-refractivity contribution in [3.63, 3.8) is 0 Å². The van der Waals surface area contributed by atoms with Gasteiger partial charge in [0.25, 0.3) is 5.69 Å². The fourth-order valence-corrected chi connectivity index (χ4v) is 0.625. The molecule has 0 saturated heterocycles. The molecule has 1 aromatic rings. The maximum atomic E-state index is 12.6. The van der Waals surface area contributed by atoms with E-state index in [1.165, 1.54) is 0 Å². The molecule has 0 radical (unpaired) electrons. The molecule has 5 nitrogen and oxygen atoms in total. The van der Waals surface area contributed by atoms with Gasteiger partial charge in [0.05, 0.1) is 11.0 Å². The van der Waals surface area contributed by atoms with E-state index in [1.807, 2.05) is 0 Å². The van der Waals surface area contributed by atoms with E-state index in [0.29, 0.717) is 6.07 Å². The fraction of sp³-hybridized carbons (Fsp3) is 0. The fourth-order valence-electron chi connectivity index (χ4n) is 0.625. The van der Waals surface area contributed by atoms with Crippen LogP contribution in [0.2, 0.25) is 0 Å². The van der Waals surface area contributed by atoms with Crippen molar-refractivity contribution in [3.05, 3.63) is 33.9 Å². The Morgan fingerprint density at radius 2 is 2.33 bits per heavy atom. The van der Waals surface area contributed by atoms with Gasteiger partial charge >= 0.3 is 0 Å². The van der Waals surface area contributed by atoms with Gasteiger partial charge in [0, 0.05) is 0 Å². The lowest BCUT2D eigenvalue weighted by atomic mass is 10.3. The van der Waals surface area contributed by atoms with Crippen LogP contribution in [0.15, 0.2) is 12.3 Å². The van der Waals surface area contributed by atoms with Crippen LogP contribution >= 0.6 is 0 Å². The Morgan fingerprint density at radius 1 is 1.67 bits per heavy atom. The Kier molecular flexibility index (Phi) is 2.09. The van der Waals surface area contributed by atoms with E-state index < -0.39 is 22.1 Å². The number of rotatable bonds is 2. The number of hydrogen-bond acceptors (Lipinski definition) is 4. The number of aromatic nitrogens is 1. The quantitative estimate of drug-likeness (QED) is 0.376. The summed E-state index contributed by atoms with van der Waals surface area (Å²) < 4.78 is 12.6. The first-order valence-electron chi connectivity index (χ1n) is 2.90. The highest BCUT2D eigenvalue weighted by Crippen LogP contribution is 2.11. The lowest BCUT2D eigenvalue weighted by Gasteiger charge is -1.92. The number of nitro groups is 1. The number of nitrogens with zero attached hydrogens (tertiary/aromatic N) is 2. The molecule has 0 N–H and O–H groups in total. The van der Waals surface area contributed by atoms with Gasteiger partial charge < -0.3 is 0 Å². The molecule has 62 valence electrons. The second-order valence-corrected chi connectivity index (χ2v) is 1.94. The predicted octanol–water partition coefficient (Wildman–Crippen LogP) is 0.941. The van der Waals surface area contributed by atoms with E-state index in [-0.39, 0.29) is 6.29 Å². The average molecular weight is 170 g/mol. The summed E-state index contributed by atoms with van der Waals surface area (Å²) in [7, 11) is 0. The van der Waals surface area contributed by atoms with Gasteiger partial charge in [-0.25, -0.2) is 9.37 Å². The number of aldehydes is 1. The maximum absolute atomic E-state index is 12.6. The lowest BCUT2D eigenvalue weighted by Crippen LogP contribution is -1.96. The number of halogens is 1. The van der Waals surface area contributed by atoms with Crippen LogP contribution in [-0.4, -0.2) is 16.2 Å². The van der Waals surface area contributed by atoms with Crippen molar-refractivity contribution in [2.75, 3.05) is 0 Å². The number of pyridine rings is 1. The van der Waals surface area contributed by atoms with Crippen LogP contribution in [0.3, 0.4) is 0 Å². The van der Waals surface area contributed by atoms with Gasteiger partial charge in [0.1, 0.15) is 11.9 Å². The maximum Gasteiger partial charge on any atom is 0.290 e. The van der Waals surface area contributed by atoms with Gasteiger partial charge in [-0.3, -0.25) is 14.9 Å². The van der Waals surface area contributed by atoms with Crippen molar-refractivity contribution in [1.29, 1.82) is 0 Å². The van der Waals surface area contributed by atoms with Crippen molar-refractivity contribution in [2.45, 2.75) is 0 Å². The highest BCUT2D eigenvalue weighted by Gasteiger charge is 2.10. The van der Waals surface area contributed by atoms with E-state index in [9.17, 15) is 19.3 Å². The van der Waals surface area contributed by atoms with E-state index in [0.717, 1.165) is 6.20 Å². The zero-order valence-electron chi connectivity index (χ0n) is 5.73. The van der Waals surface area contributed by atoms with Crippen LogP contribution in [0, 0.1) is 15.9 Å². The average Bonchev–Trinajstić information content (AvgIpc) is 2.04. The van der Waals surface area contributed by atoms with Gasteiger partial charge in [0.15, 0.2) is 12.1 Å². The van der Waals surface area contributed by atoms with Crippen LogP contribution in [0.4, 0.5) is 10.1 Å². The van der Waals surface area contributed by atoms with Crippen molar-refractivity contribution < 1.29 is 14.1 Å². The predicted molar refractivity (Wildman–Crippen MR) is 36.2 cm³/mol. The third-order valence-electron chi connectivity index (χ3n) is 1.18. The molecule has 0 aromatic carbocycles. The summed E-state index contributed by atoms with van der Waals surface area (Å²) in [5.41, 5.74) is -0.904. The first-order valence-corrected chi connectivity index (χ1v) is 2.90. The monoisotopic (exact) mass is 170 g/mol. The lowest BCUT2D eigenvalue weighted by molar-refractivity contribution is -0.385. The van der Waals surface area contributed by atoms with Gasteiger partial charge in [0.2, 0.25) is 0 Å². The first kappa shape index (κ1) is 8.25. The van der Waals surface area contributed by atoms with Crippen molar-refractivity contribution >= 4 is 12.0 Å². The molecule has 0 aliphatic rings. The molecule has 0 amide bonds. The van der Waals surface area contributed by atoms with E-state index >= 15 is 0 Å². The van der Waals surface area contributed by atoms with Gasteiger partial charge in [-0.05, 0) is 0 Å². The molecular formula is C6H3FN2O3. The SMILES string of the molecule is O=Cc1ncc([N+](=O)[O-])cc1F. The summed E-state index contributed by atoms with van der Waals surface area (Å²) in [6, 6.07) is 0.650. The zero-order chi connectivity index (χ0) is 9.14. The van der Waals surface area contributed by atoms with E-state index in [1.54, 1.807) is 0 Å². The number of carbonyl (C=O) groups excluding carboxylic acids is 1. The summed E-state index contributed by atoms with van der Waals surface area (Å²) in [6.45, 7) is 0. The molecule has 0 unspecified atom stereocenters. The third-order valence-corrected chi connectivity index (χ3v) is 1.18. The summed E-state index contributed by atoms with van der Waals surface area (Å²) in [6.07, 6.45) is 1.02. The molecular weight excluding hydrogens is 167 g/mol. The molecule has 0 aliphatic carbocycles. The molecule has 0 bridgehead atoms. The minimum atomic E-state index is -0.987. The molecule has 0 fully saturated rings. The van der Waals surface area contributed by atoms with E-state index in [4.69, 9.17) is 0 Å². The van der Waals surface area contributed by atoms with Crippen molar-refractivity contribution in [2.24, 2.45) is 0 Å². The standard InChI is InChI=1S/C6H3FN2O3/c7-5-1-4(9(11)12)2-8-6(5)3-10/h1-3H. The van der Waals surface area contributed by atoms with Crippen LogP contribution in [0.1, 0.15) is 10.5 Å². The largest absolute Gasteiger partial charge is 0.296 e.